The highest BCUT2D eigenvalue weighted by Gasteiger charge is 2.10. The van der Waals surface area contributed by atoms with Crippen molar-refractivity contribution in [2.45, 2.75) is 44.9 Å². The average Bonchev–Trinajstić information content (AvgIpc) is 2.58. The van der Waals surface area contributed by atoms with Crippen LogP contribution in [0.15, 0.2) is 18.2 Å². The van der Waals surface area contributed by atoms with Crippen molar-refractivity contribution in [2.24, 2.45) is 0 Å². The molecule has 0 bridgehead atoms. The van der Waals surface area contributed by atoms with Gasteiger partial charge in [0.1, 0.15) is 12.4 Å². The van der Waals surface area contributed by atoms with E-state index in [0.717, 1.165) is 38.5 Å². The lowest BCUT2D eigenvalue weighted by atomic mass is 10.0. The summed E-state index contributed by atoms with van der Waals surface area (Å²) in [7, 11) is 0. The lowest BCUT2D eigenvalue weighted by Crippen LogP contribution is -2.02. The Labute approximate surface area is 143 Å². The van der Waals surface area contributed by atoms with Gasteiger partial charge in [-0.15, -0.1) is 5.92 Å². The van der Waals surface area contributed by atoms with Gasteiger partial charge in [-0.3, -0.25) is 4.79 Å². The van der Waals surface area contributed by atoms with Gasteiger partial charge in [0.15, 0.2) is 5.78 Å². The number of rotatable bonds is 8. The number of benzene rings is 1. The number of Topliss-reactive ketones (excluding diaryl/α,β-unsaturated/α-hetero) is 1. The fraction of sp³-hybridized carbons (Fsp3) is 0.450. The van der Waals surface area contributed by atoms with Gasteiger partial charge < -0.3 is 15.3 Å². The zero-order valence-corrected chi connectivity index (χ0v) is 13.8. The molecule has 0 saturated heterocycles. The van der Waals surface area contributed by atoms with Crippen LogP contribution in [-0.4, -0.2) is 34.3 Å². The molecule has 1 rings (SSSR count). The van der Waals surface area contributed by atoms with Gasteiger partial charge in [0.25, 0.3) is 0 Å². The van der Waals surface area contributed by atoms with Crippen molar-refractivity contribution in [1.29, 1.82) is 0 Å². The first kappa shape index (κ1) is 19.8. The lowest BCUT2D eigenvalue weighted by molar-refractivity contribution is 0.0954. The third-order valence-corrected chi connectivity index (χ3v) is 3.43. The molecule has 128 valence electrons. The van der Waals surface area contributed by atoms with Crippen LogP contribution in [0.4, 0.5) is 0 Å². The van der Waals surface area contributed by atoms with Gasteiger partial charge >= 0.3 is 0 Å². The normalized spacial score (nSPS) is 9.58. The average molecular weight is 328 g/mol. The summed E-state index contributed by atoms with van der Waals surface area (Å²) in [6.07, 6.45) is 5.83. The van der Waals surface area contributed by atoms with E-state index in [2.05, 4.69) is 23.7 Å². The molecule has 0 radical (unpaired) electrons. The van der Waals surface area contributed by atoms with Crippen LogP contribution in [-0.2, 0) is 0 Å². The second-order valence-electron chi connectivity index (χ2n) is 5.36. The lowest BCUT2D eigenvalue weighted by Gasteiger charge is -2.03. The van der Waals surface area contributed by atoms with Crippen LogP contribution in [0.5, 0.6) is 5.75 Å². The van der Waals surface area contributed by atoms with Crippen molar-refractivity contribution in [3.63, 3.8) is 0 Å². The van der Waals surface area contributed by atoms with E-state index in [1.54, 1.807) is 12.1 Å². The van der Waals surface area contributed by atoms with Crippen molar-refractivity contribution in [3.05, 3.63) is 29.3 Å². The van der Waals surface area contributed by atoms with Crippen molar-refractivity contribution in [3.8, 4) is 29.4 Å². The summed E-state index contributed by atoms with van der Waals surface area (Å²) in [6.45, 7) is -0.306. The Bertz CT molecular complexity index is 641. The molecule has 0 spiro atoms. The van der Waals surface area contributed by atoms with Crippen molar-refractivity contribution >= 4 is 5.78 Å². The van der Waals surface area contributed by atoms with Crippen molar-refractivity contribution in [2.75, 3.05) is 13.2 Å². The highest BCUT2D eigenvalue weighted by atomic mass is 16.3. The van der Waals surface area contributed by atoms with E-state index in [0.29, 0.717) is 5.56 Å². The van der Waals surface area contributed by atoms with Gasteiger partial charge in [0, 0.05) is 24.8 Å². The molecule has 24 heavy (non-hydrogen) atoms. The number of hydrogen-bond acceptors (Lipinski definition) is 4. The minimum Gasteiger partial charge on any atom is -0.507 e. The van der Waals surface area contributed by atoms with Crippen LogP contribution in [0, 0.1) is 23.7 Å². The molecule has 1 aromatic rings. The molecule has 0 heterocycles. The fourth-order valence-electron chi connectivity index (χ4n) is 2.16. The van der Waals surface area contributed by atoms with E-state index in [1.807, 2.05) is 0 Å². The molecule has 0 fully saturated rings. The highest BCUT2D eigenvalue weighted by molar-refractivity contribution is 5.98. The monoisotopic (exact) mass is 328 g/mol. The summed E-state index contributed by atoms with van der Waals surface area (Å²) in [5, 5.41) is 27.0. The molecule has 0 saturated carbocycles. The molecule has 0 aliphatic rings. The number of hydrogen-bond donors (Lipinski definition) is 3. The minimum absolute atomic E-state index is 0.00682. The third kappa shape index (κ3) is 7.83. The summed E-state index contributed by atoms with van der Waals surface area (Å²) in [5.41, 5.74) is 0.896. The first-order valence-electron chi connectivity index (χ1n) is 8.21. The Kier molecular flexibility index (Phi) is 10.0. The predicted octanol–water partition coefficient (Wildman–Crippen LogP) is 2.65. The quantitative estimate of drug-likeness (QED) is 0.389. The third-order valence-electron chi connectivity index (χ3n) is 3.43. The van der Waals surface area contributed by atoms with Crippen LogP contribution >= 0.6 is 0 Å². The summed E-state index contributed by atoms with van der Waals surface area (Å²) in [5.74, 6) is 11.2. The Morgan fingerprint density at radius 2 is 1.67 bits per heavy atom. The number of carbonyl (C=O) groups excluding carboxylic acids is 1. The molecule has 0 aromatic heterocycles. The van der Waals surface area contributed by atoms with Crippen LogP contribution in [0.3, 0.4) is 0 Å². The van der Waals surface area contributed by atoms with Gasteiger partial charge in [-0.1, -0.05) is 30.6 Å². The zero-order valence-electron chi connectivity index (χ0n) is 13.8. The summed E-state index contributed by atoms with van der Waals surface area (Å²) >= 11 is 0. The zero-order chi connectivity index (χ0) is 17.6. The molecule has 0 amide bonds. The molecular weight excluding hydrogens is 304 g/mol. The second kappa shape index (κ2) is 12.2. The van der Waals surface area contributed by atoms with Gasteiger partial charge in [0.05, 0.1) is 12.2 Å². The smallest absolute Gasteiger partial charge is 0.168 e. The predicted molar refractivity (Wildman–Crippen MR) is 93.6 cm³/mol. The van der Waals surface area contributed by atoms with Crippen LogP contribution in [0.1, 0.15) is 60.9 Å². The standard InChI is InChI=1S/C20H24O4/c21-14-9-7-5-3-1-2-4-6-8-10-17-11-12-19(23)18(16-17)20(24)13-15-22/h11-12,16,21-23H,1-6,13-15H2. The summed E-state index contributed by atoms with van der Waals surface area (Å²) in [6, 6.07) is 4.71. The van der Waals surface area contributed by atoms with Gasteiger partial charge in [-0.05, 0) is 31.0 Å². The number of unbranched alkanes of at least 4 members (excludes halogenated alkanes) is 5. The van der Waals surface area contributed by atoms with E-state index in [9.17, 15) is 9.90 Å². The molecule has 0 atom stereocenters. The number of phenolic OH excluding ortho intramolecular Hbond substituents is 1. The number of carbonyl (C=O) groups is 1. The Morgan fingerprint density at radius 3 is 2.33 bits per heavy atom. The van der Waals surface area contributed by atoms with Crippen molar-refractivity contribution < 1.29 is 20.1 Å². The van der Waals surface area contributed by atoms with Crippen LogP contribution in [0.25, 0.3) is 0 Å². The van der Waals surface area contributed by atoms with E-state index in [4.69, 9.17) is 10.2 Å². The van der Waals surface area contributed by atoms with Gasteiger partial charge in [-0.2, -0.15) is 0 Å². The highest BCUT2D eigenvalue weighted by Crippen LogP contribution is 2.19. The molecule has 0 aliphatic carbocycles. The Morgan fingerprint density at radius 1 is 0.958 bits per heavy atom. The molecule has 4 heteroatoms. The topological polar surface area (TPSA) is 77.8 Å². The molecule has 3 N–H and O–H groups in total. The minimum atomic E-state index is -0.289. The number of phenols is 1. The molecule has 0 unspecified atom stereocenters. The maximum absolute atomic E-state index is 11.8. The van der Waals surface area contributed by atoms with E-state index >= 15 is 0 Å². The number of aliphatic hydroxyl groups excluding tert-OH is 2. The fourth-order valence-corrected chi connectivity index (χ4v) is 2.16. The van der Waals surface area contributed by atoms with Gasteiger partial charge in [0.2, 0.25) is 0 Å². The van der Waals surface area contributed by atoms with E-state index in [-0.39, 0.29) is 36.7 Å². The molecule has 0 aliphatic heterocycles. The SMILES string of the molecule is O=C(CCO)c1cc(C#CCCCCCCC#CCO)ccc1O. The summed E-state index contributed by atoms with van der Waals surface area (Å²) < 4.78 is 0. The number of ketones is 1. The Balaban J connectivity index is 2.38. The number of aliphatic hydroxyl groups is 2. The molecule has 4 nitrogen and oxygen atoms in total. The largest absolute Gasteiger partial charge is 0.507 e. The van der Waals surface area contributed by atoms with E-state index in [1.165, 1.54) is 6.07 Å². The Hall–Kier alpha value is -2.27. The first-order chi connectivity index (χ1) is 11.7. The maximum atomic E-state index is 11.8. The molecular formula is C20H24O4. The second-order valence-corrected chi connectivity index (χ2v) is 5.36. The van der Waals surface area contributed by atoms with Crippen LogP contribution < -0.4 is 0 Å². The number of aromatic hydroxyl groups is 1. The van der Waals surface area contributed by atoms with E-state index < -0.39 is 0 Å². The van der Waals surface area contributed by atoms with Gasteiger partial charge in [-0.25, -0.2) is 0 Å². The molecule has 1 aromatic carbocycles. The summed E-state index contributed by atoms with van der Waals surface area (Å²) in [4.78, 5) is 11.8. The van der Waals surface area contributed by atoms with Crippen LogP contribution in [0.2, 0.25) is 0 Å². The van der Waals surface area contributed by atoms with Crippen molar-refractivity contribution in [1.82, 2.24) is 0 Å². The first-order valence-corrected chi connectivity index (χ1v) is 8.21. The maximum Gasteiger partial charge on any atom is 0.168 e.